The van der Waals surface area contributed by atoms with Gasteiger partial charge in [0.25, 0.3) is 0 Å². The Kier molecular flexibility index (Phi) is 3.23. The first kappa shape index (κ1) is 12.8. The third-order valence-electron chi connectivity index (χ3n) is 3.85. The number of hydrogen-bond acceptors (Lipinski definition) is 2. The number of rotatable bonds is 3. The van der Waals surface area contributed by atoms with Crippen molar-refractivity contribution in [2.45, 2.75) is 13.3 Å². The lowest BCUT2D eigenvalue weighted by Crippen LogP contribution is -1.94. The van der Waals surface area contributed by atoms with Crippen LogP contribution in [-0.4, -0.2) is 14.2 Å². The second kappa shape index (κ2) is 5.04. The van der Waals surface area contributed by atoms with Gasteiger partial charge in [0.05, 0.1) is 14.2 Å². The second-order valence-electron chi connectivity index (χ2n) is 4.82. The molecule has 0 atom stereocenters. The van der Waals surface area contributed by atoms with Crippen molar-refractivity contribution in [3.63, 3.8) is 0 Å². The molecule has 0 unspecified atom stereocenters. The molecule has 0 saturated heterocycles. The number of fused-ring (bicyclic) bond motifs is 2. The van der Waals surface area contributed by atoms with E-state index in [1.54, 1.807) is 14.2 Å². The monoisotopic (exact) mass is 266 g/mol. The Morgan fingerprint density at radius 1 is 0.850 bits per heavy atom. The SMILES string of the molecule is CCc1c2ccccc2cc2c(OC)ccc(OC)c12. The van der Waals surface area contributed by atoms with Gasteiger partial charge in [-0.15, -0.1) is 0 Å². The summed E-state index contributed by atoms with van der Waals surface area (Å²) < 4.78 is 11.1. The number of ether oxygens (including phenoxy) is 2. The van der Waals surface area contributed by atoms with Crippen LogP contribution >= 0.6 is 0 Å². The number of aryl methyl sites for hydroxylation is 1. The molecular weight excluding hydrogens is 248 g/mol. The van der Waals surface area contributed by atoms with Gasteiger partial charge in [-0.25, -0.2) is 0 Å². The van der Waals surface area contributed by atoms with Gasteiger partial charge in [-0.05, 0) is 41.0 Å². The summed E-state index contributed by atoms with van der Waals surface area (Å²) in [4.78, 5) is 0. The smallest absolute Gasteiger partial charge is 0.127 e. The molecule has 0 bridgehead atoms. The summed E-state index contributed by atoms with van der Waals surface area (Å²) in [6.07, 6.45) is 0.960. The van der Waals surface area contributed by atoms with Gasteiger partial charge in [-0.2, -0.15) is 0 Å². The van der Waals surface area contributed by atoms with Crippen molar-refractivity contribution in [3.05, 3.63) is 48.0 Å². The van der Waals surface area contributed by atoms with Crippen LogP contribution in [0.15, 0.2) is 42.5 Å². The van der Waals surface area contributed by atoms with E-state index in [0.29, 0.717) is 0 Å². The normalized spacial score (nSPS) is 10.9. The largest absolute Gasteiger partial charge is 0.496 e. The molecule has 0 fully saturated rings. The number of hydrogen-bond donors (Lipinski definition) is 0. The molecule has 3 rings (SSSR count). The molecule has 0 amide bonds. The maximum Gasteiger partial charge on any atom is 0.127 e. The summed E-state index contributed by atoms with van der Waals surface area (Å²) in [5.74, 6) is 1.80. The third kappa shape index (κ3) is 1.80. The van der Waals surface area contributed by atoms with Crippen LogP contribution in [0.3, 0.4) is 0 Å². The van der Waals surface area contributed by atoms with Crippen molar-refractivity contribution in [2.75, 3.05) is 14.2 Å². The fraction of sp³-hybridized carbons (Fsp3) is 0.222. The van der Waals surface area contributed by atoms with Crippen LogP contribution in [0.25, 0.3) is 21.5 Å². The van der Waals surface area contributed by atoms with E-state index in [-0.39, 0.29) is 0 Å². The second-order valence-corrected chi connectivity index (χ2v) is 4.82. The Labute approximate surface area is 118 Å². The quantitative estimate of drug-likeness (QED) is 0.646. The highest BCUT2D eigenvalue weighted by molar-refractivity contribution is 6.07. The molecule has 2 nitrogen and oxygen atoms in total. The maximum absolute atomic E-state index is 5.56. The van der Waals surface area contributed by atoms with Crippen LogP contribution in [0.5, 0.6) is 11.5 Å². The third-order valence-corrected chi connectivity index (χ3v) is 3.85. The summed E-state index contributed by atoms with van der Waals surface area (Å²) in [5.41, 5.74) is 1.31. The Morgan fingerprint density at radius 2 is 1.55 bits per heavy atom. The van der Waals surface area contributed by atoms with E-state index in [0.717, 1.165) is 28.7 Å². The Balaban J connectivity index is 2.56. The molecule has 0 radical (unpaired) electrons. The number of methoxy groups -OCH3 is 2. The van der Waals surface area contributed by atoms with Crippen LogP contribution in [-0.2, 0) is 6.42 Å². The van der Waals surface area contributed by atoms with Crippen molar-refractivity contribution in [1.82, 2.24) is 0 Å². The van der Waals surface area contributed by atoms with Crippen LogP contribution in [0.4, 0.5) is 0 Å². The van der Waals surface area contributed by atoms with Gasteiger partial charge in [-0.3, -0.25) is 0 Å². The predicted molar refractivity (Wildman–Crippen MR) is 83.9 cm³/mol. The van der Waals surface area contributed by atoms with Crippen LogP contribution in [0.1, 0.15) is 12.5 Å². The molecule has 3 aromatic carbocycles. The lowest BCUT2D eigenvalue weighted by Gasteiger charge is -2.15. The molecule has 0 aliphatic heterocycles. The molecule has 0 aromatic heterocycles. The van der Waals surface area contributed by atoms with E-state index < -0.39 is 0 Å². The van der Waals surface area contributed by atoms with E-state index in [1.807, 2.05) is 12.1 Å². The van der Waals surface area contributed by atoms with Gasteiger partial charge in [0.1, 0.15) is 11.5 Å². The predicted octanol–water partition coefficient (Wildman–Crippen LogP) is 4.57. The highest BCUT2D eigenvalue weighted by atomic mass is 16.5. The summed E-state index contributed by atoms with van der Waals surface area (Å²) in [7, 11) is 3.43. The lowest BCUT2D eigenvalue weighted by atomic mass is 9.94. The molecule has 0 saturated carbocycles. The first-order chi connectivity index (χ1) is 9.80. The summed E-state index contributed by atoms with van der Waals surface area (Å²) >= 11 is 0. The minimum Gasteiger partial charge on any atom is -0.496 e. The average molecular weight is 266 g/mol. The topological polar surface area (TPSA) is 18.5 Å². The van der Waals surface area contributed by atoms with Gasteiger partial charge >= 0.3 is 0 Å². The zero-order chi connectivity index (χ0) is 14.1. The van der Waals surface area contributed by atoms with Gasteiger partial charge in [0.2, 0.25) is 0 Å². The van der Waals surface area contributed by atoms with Gasteiger partial charge in [0.15, 0.2) is 0 Å². The Morgan fingerprint density at radius 3 is 2.25 bits per heavy atom. The molecule has 20 heavy (non-hydrogen) atoms. The average Bonchev–Trinajstić information content (AvgIpc) is 2.51. The minimum absolute atomic E-state index is 0.890. The fourth-order valence-corrected chi connectivity index (χ4v) is 2.94. The van der Waals surface area contributed by atoms with Gasteiger partial charge < -0.3 is 9.47 Å². The highest BCUT2D eigenvalue weighted by Crippen LogP contribution is 2.39. The van der Waals surface area contributed by atoms with Crippen molar-refractivity contribution in [1.29, 1.82) is 0 Å². The van der Waals surface area contributed by atoms with Crippen molar-refractivity contribution in [2.24, 2.45) is 0 Å². The first-order valence-corrected chi connectivity index (χ1v) is 6.85. The van der Waals surface area contributed by atoms with E-state index >= 15 is 0 Å². The molecule has 0 aliphatic rings. The molecule has 102 valence electrons. The molecular formula is C18H18O2. The fourth-order valence-electron chi connectivity index (χ4n) is 2.94. The molecule has 0 N–H and O–H groups in total. The maximum atomic E-state index is 5.56. The Bertz CT molecular complexity index is 775. The summed E-state index contributed by atoms with van der Waals surface area (Å²) in [6.45, 7) is 2.18. The van der Waals surface area contributed by atoms with E-state index in [4.69, 9.17) is 9.47 Å². The molecule has 3 aromatic rings. The van der Waals surface area contributed by atoms with Crippen molar-refractivity contribution < 1.29 is 9.47 Å². The zero-order valence-electron chi connectivity index (χ0n) is 12.1. The minimum atomic E-state index is 0.890. The highest BCUT2D eigenvalue weighted by Gasteiger charge is 2.13. The van der Waals surface area contributed by atoms with Crippen LogP contribution in [0, 0.1) is 0 Å². The molecule has 0 heterocycles. The molecule has 0 aliphatic carbocycles. The van der Waals surface area contributed by atoms with E-state index in [1.165, 1.54) is 16.3 Å². The van der Waals surface area contributed by atoms with Gasteiger partial charge in [-0.1, -0.05) is 31.2 Å². The molecule has 0 spiro atoms. The zero-order valence-corrected chi connectivity index (χ0v) is 12.1. The van der Waals surface area contributed by atoms with Crippen molar-refractivity contribution >= 4 is 21.5 Å². The van der Waals surface area contributed by atoms with Gasteiger partial charge in [0, 0.05) is 10.8 Å². The molecule has 2 heteroatoms. The van der Waals surface area contributed by atoms with Crippen molar-refractivity contribution in [3.8, 4) is 11.5 Å². The summed E-state index contributed by atoms with van der Waals surface area (Å²) in [6, 6.07) is 14.6. The number of benzene rings is 3. The van der Waals surface area contributed by atoms with E-state index in [2.05, 4.69) is 37.3 Å². The van der Waals surface area contributed by atoms with Crippen LogP contribution in [0.2, 0.25) is 0 Å². The first-order valence-electron chi connectivity index (χ1n) is 6.85. The summed E-state index contributed by atoms with van der Waals surface area (Å²) in [5, 5.41) is 4.80. The standard InChI is InChI=1S/C18H18O2/c1-4-13-14-8-6-5-7-12(14)11-15-16(19-2)9-10-17(20-3)18(13)15/h5-11H,4H2,1-3H3. The van der Waals surface area contributed by atoms with Crippen LogP contribution < -0.4 is 9.47 Å². The Hall–Kier alpha value is -2.22. The van der Waals surface area contributed by atoms with E-state index in [9.17, 15) is 0 Å². The lowest BCUT2D eigenvalue weighted by molar-refractivity contribution is 0.410.